The van der Waals surface area contributed by atoms with Crippen molar-refractivity contribution >= 4 is 28.5 Å². The largest absolute Gasteiger partial charge is 0.380 e. The van der Waals surface area contributed by atoms with Gasteiger partial charge in [-0.25, -0.2) is 9.97 Å². The Labute approximate surface area is 109 Å². The lowest BCUT2D eigenvalue weighted by molar-refractivity contribution is 1.14. The third kappa shape index (κ3) is 2.28. The molecule has 0 atom stereocenters. The number of aromatic amines is 1. The lowest BCUT2D eigenvalue weighted by Crippen LogP contribution is -1.99. The van der Waals surface area contributed by atoms with E-state index < -0.39 is 0 Å². The zero-order chi connectivity index (χ0) is 12.4. The van der Waals surface area contributed by atoms with E-state index in [2.05, 4.69) is 20.3 Å². The molecule has 1 aromatic carbocycles. The smallest absolute Gasteiger partial charge is 0.157 e. The number of imidazole rings is 1. The van der Waals surface area contributed by atoms with E-state index >= 15 is 0 Å². The summed E-state index contributed by atoms with van der Waals surface area (Å²) >= 11 is 5.84. The molecule has 2 aromatic heterocycles. The van der Waals surface area contributed by atoms with Gasteiger partial charge in [0.2, 0.25) is 0 Å². The number of hydrogen-bond acceptors (Lipinski definition) is 3. The first-order valence-corrected chi connectivity index (χ1v) is 5.96. The second-order valence-corrected chi connectivity index (χ2v) is 4.41. The molecule has 3 rings (SSSR count). The number of H-pyrrole nitrogens is 1. The van der Waals surface area contributed by atoms with Crippen molar-refractivity contribution in [3.63, 3.8) is 0 Å². The fourth-order valence-electron chi connectivity index (χ4n) is 1.73. The summed E-state index contributed by atoms with van der Waals surface area (Å²) in [5, 5.41) is 4.05. The highest BCUT2D eigenvalue weighted by molar-refractivity contribution is 6.30. The van der Waals surface area contributed by atoms with Crippen LogP contribution in [-0.4, -0.2) is 15.0 Å². The maximum absolute atomic E-state index is 5.84. The fourth-order valence-corrected chi connectivity index (χ4v) is 1.85. The van der Waals surface area contributed by atoms with Crippen LogP contribution in [0, 0.1) is 0 Å². The van der Waals surface area contributed by atoms with Crippen LogP contribution >= 0.6 is 11.6 Å². The molecular formula is C13H11ClN4. The summed E-state index contributed by atoms with van der Waals surface area (Å²) in [6, 6.07) is 9.72. The molecule has 18 heavy (non-hydrogen) atoms. The molecule has 0 unspecified atom stereocenters. The molecule has 0 aliphatic carbocycles. The highest BCUT2D eigenvalue weighted by Gasteiger charge is 1.99. The average molecular weight is 259 g/mol. The minimum absolute atomic E-state index is 0.731. The Morgan fingerprint density at radius 3 is 2.83 bits per heavy atom. The van der Waals surface area contributed by atoms with E-state index in [1.165, 1.54) is 5.56 Å². The second-order valence-electron chi connectivity index (χ2n) is 3.97. The predicted molar refractivity (Wildman–Crippen MR) is 72.7 cm³/mol. The molecule has 0 saturated carbocycles. The number of hydrogen-bond donors (Lipinski definition) is 2. The molecule has 2 heterocycles. The summed E-state index contributed by atoms with van der Waals surface area (Å²) in [6.07, 6.45) is 3.43. The van der Waals surface area contributed by atoms with Crippen LogP contribution in [0.25, 0.3) is 11.2 Å². The third-order valence-electron chi connectivity index (χ3n) is 2.68. The number of anilines is 1. The van der Waals surface area contributed by atoms with Crippen molar-refractivity contribution < 1.29 is 0 Å². The van der Waals surface area contributed by atoms with Gasteiger partial charge < -0.3 is 10.3 Å². The fraction of sp³-hybridized carbons (Fsp3) is 0.0769. The minimum atomic E-state index is 0.731. The van der Waals surface area contributed by atoms with Gasteiger partial charge in [0.1, 0.15) is 5.52 Å². The normalized spacial score (nSPS) is 10.7. The number of aromatic nitrogens is 3. The number of benzene rings is 1. The molecule has 0 saturated heterocycles. The van der Waals surface area contributed by atoms with Crippen molar-refractivity contribution in [2.24, 2.45) is 0 Å². The Morgan fingerprint density at radius 2 is 2.00 bits per heavy atom. The first kappa shape index (κ1) is 11.0. The number of nitrogens with one attached hydrogen (secondary N) is 2. The van der Waals surface area contributed by atoms with E-state index in [1.54, 1.807) is 12.5 Å². The van der Waals surface area contributed by atoms with Crippen LogP contribution in [0.3, 0.4) is 0 Å². The van der Waals surface area contributed by atoms with Gasteiger partial charge in [-0.2, -0.15) is 0 Å². The quantitative estimate of drug-likeness (QED) is 0.758. The zero-order valence-electron chi connectivity index (χ0n) is 9.52. The lowest BCUT2D eigenvalue weighted by Gasteiger charge is -2.06. The van der Waals surface area contributed by atoms with Gasteiger partial charge in [-0.05, 0) is 23.8 Å². The molecule has 90 valence electrons. The van der Waals surface area contributed by atoms with Gasteiger partial charge in [-0.3, -0.25) is 0 Å². The van der Waals surface area contributed by atoms with Gasteiger partial charge in [0.25, 0.3) is 0 Å². The average Bonchev–Trinajstić information content (AvgIpc) is 2.85. The van der Waals surface area contributed by atoms with E-state index in [-0.39, 0.29) is 0 Å². The summed E-state index contributed by atoms with van der Waals surface area (Å²) in [6.45, 7) is 0.731. The Morgan fingerprint density at radius 1 is 1.17 bits per heavy atom. The maximum Gasteiger partial charge on any atom is 0.157 e. The van der Waals surface area contributed by atoms with Crippen molar-refractivity contribution in [2.45, 2.75) is 6.54 Å². The Hall–Kier alpha value is -2.07. The van der Waals surface area contributed by atoms with Crippen molar-refractivity contribution in [3.05, 3.63) is 53.4 Å². The topological polar surface area (TPSA) is 53.6 Å². The highest BCUT2D eigenvalue weighted by Crippen LogP contribution is 2.15. The van der Waals surface area contributed by atoms with Crippen LogP contribution in [0.4, 0.5) is 5.69 Å². The van der Waals surface area contributed by atoms with E-state index in [0.717, 1.165) is 28.4 Å². The van der Waals surface area contributed by atoms with Crippen molar-refractivity contribution in [1.29, 1.82) is 0 Å². The van der Waals surface area contributed by atoms with E-state index in [0.29, 0.717) is 0 Å². The standard InChI is InChI=1S/C13H11ClN4/c14-10-3-1-9(2-4-10)6-15-11-5-12-13(16-7-11)18-8-17-12/h1-5,7-8,15H,6H2,(H,16,17,18). The lowest BCUT2D eigenvalue weighted by atomic mass is 10.2. The highest BCUT2D eigenvalue weighted by atomic mass is 35.5. The van der Waals surface area contributed by atoms with Crippen LogP contribution in [0.5, 0.6) is 0 Å². The van der Waals surface area contributed by atoms with Crippen molar-refractivity contribution in [2.75, 3.05) is 5.32 Å². The summed E-state index contributed by atoms with van der Waals surface area (Å²) < 4.78 is 0. The van der Waals surface area contributed by atoms with Gasteiger partial charge >= 0.3 is 0 Å². The molecule has 0 aliphatic rings. The van der Waals surface area contributed by atoms with Crippen LogP contribution in [0.1, 0.15) is 5.56 Å². The van der Waals surface area contributed by atoms with Crippen LogP contribution < -0.4 is 5.32 Å². The van der Waals surface area contributed by atoms with Crippen molar-refractivity contribution in [3.8, 4) is 0 Å². The van der Waals surface area contributed by atoms with Gasteiger partial charge in [0.05, 0.1) is 18.2 Å². The SMILES string of the molecule is Clc1ccc(CNc2cnc3[nH]cnc3c2)cc1. The summed E-state index contributed by atoms with van der Waals surface area (Å²) in [4.78, 5) is 11.4. The number of fused-ring (bicyclic) bond motifs is 1. The molecule has 5 heteroatoms. The number of halogens is 1. The minimum Gasteiger partial charge on any atom is -0.380 e. The number of rotatable bonds is 3. The monoisotopic (exact) mass is 258 g/mol. The Kier molecular flexibility index (Phi) is 2.86. The van der Waals surface area contributed by atoms with E-state index in [9.17, 15) is 0 Å². The number of pyridine rings is 1. The second kappa shape index (κ2) is 4.66. The molecule has 4 nitrogen and oxygen atoms in total. The molecular weight excluding hydrogens is 248 g/mol. The first-order valence-electron chi connectivity index (χ1n) is 5.59. The van der Waals surface area contributed by atoms with E-state index in [1.807, 2.05) is 30.3 Å². The predicted octanol–water partition coefficient (Wildman–Crippen LogP) is 3.22. The molecule has 0 spiro atoms. The van der Waals surface area contributed by atoms with Gasteiger partial charge in [0, 0.05) is 11.6 Å². The summed E-state index contributed by atoms with van der Waals surface area (Å²) in [7, 11) is 0. The summed E-state index contributed by atoms with van der Waals surface area (Å²) in [5.74, 6) is 0. The van der Waals surface area contributed by atoms with Crippen LogP contribution in [0.2, 0.25) is 5.02 Å². The van der Waals surface area contributed by atoms with E-state index in [4.69, 9.17) is 11.6 Å². The molecule has 0 aliphatic heterocycles. The molecule has 0 radical (unpaired) electrons. The molecule has 0 fully saturated rings. The van der Waals surface area contributed by atoms with Gasteiger partial charge in [-0.15, -0.1) is 0 Å². The summed E-state index contributed by atoms with van der Waals surface area (Å²) in [5.41, 5.74) is 3.77. The van der Waals surface area contributed by atoms with Crippen molar-refractivity contribution in [1.82, 2.24) is 15.0 Å². The zero-order valence-corrected chi connectivity index (χ0v) is 10.3. The Bertz CT molecular complexity index is 660. The molecule has 0 amide bonds. The van der Waals surface area contributed by atoms with Gasteiger partial charge in [0.15, 0.2) is 5.65 Å². The third-order valence-corrected chi connectivity index (χ3v) is 2.93. The molecule has 3 aromatic rings. The maximum atomic E-state index is 5.84. The number of nitrogens with zero attached hydrogens (tertiary/aromatic N) is 2. The Balaban J connectivity index is 1.74. The van der Waals surface area contributed by atoms with Gasteiger partial charge in [-0.1, -0.05) is 23.7 Å². The van der Waals surface area contributed by atoms with Crippen LogP contribution in [0.15, 0.2) is 42.9 Å². The molecule has 2 N–H and O–H groups in total. The van der Waals surface area contributed by atoms with Crippen LogP contribution in [-0.2, 0) is 6.54 Å². The first-order chi connectivity index (χ1) is 8.81. The molecule has 0 bridgehead atoms.